The molecule has 0 unspecified atom stereocenters. The van der Waals surface area contributed by atoms with Crippen LogP contribution in [0.5, 0.6) is 11.5 Å². The third kappa shape index (κ3) is 7.42. The Morgan fingerprint density at radius 2 is 1.66 bits per heavy atom. The summed E-state index contributed by atoms with van der Waals surface area (Å²) in [7, 11) is 0. The molecule has 0 radical (unpaired) electrons. The zero-order valence-electron chi connectivity index (χ0n) is 29.5. The minimum absolute atomic E-state index is 0.0353. The topological polar surface area (TPSA) is 145 Å². The van der Waals surface area contributed by atoms with Gasteiger partial charge in [0.05, 0.1) is 17.7 Å². The molecule has 3 aromatic carbocycles. The molecule has 2 N–H and O–H groups in total. The van der Waals surface area contributed by atoms with Gasteiger partial charge in [-0.2, -0.15) is 0 Å². The molecule has 2 aliphatic rings. The molecule has 53 heavy (non-hydrogen) atoms. The van der Waals surface area contributed by atoms with Gasteiger partial charge in [0.1, 0.15) is 28.4 Å². The van der Waals surface area contributed by atoms with Crippen molar-refractivity contribution in [3.05, 3.63) is 122 Å². The largest absolute Gasteiger partial charge is 0.457 e. The molecule has 1 atom stereocenters. The van der Waals surface area contributed by atoms with Crippen LogP contribution in [-0.4, -0.2) is 50.5 Å². The minimum atomic E-state index is -0.941. The van der Waals surface area contributed by atoms with Crippen LogP contribution in [0.4, 0.5) is 0 Å². The van der Waals surface area contributed by atoms with E-state index in [-0.39, 0.29) is 29.2 Å². The summed E-state index contributed by atoms with van der Waals surface area (Å²) in [5, 5.41) is 15.7. The van der Waals surface area contributed by atoms with Crippen LogP contribution in [0.3, 0.4) is 0 Å². The van der Waals surface area contributed by atoms with Gasteiger partial charge >= 0.3 is 0 Å². The molecule has 5 aromatic rings. The van der Waals surface area contributed by atoms with Crippen molar-refractivity contribution in [1.29, 1.82) is 0 Å². The zero-order chi connectivity index (χ0) is 37.2. The highest BCUT2D eigenvalue weighted by molar-refractivity contribution is 7.15. The molecule has 270 valence electrons. The quantitative estimate of drug-likeness (QED) is 0.0771. The number of halogens is 1. The van der Waals surface area contributed by atoms with Crippen LogP contribution in [0, 0.1) is 20.8 Å². The maximum atomic E-state index is 13.3. The molecule has 2 aliphatic heterocycles. The van der Waals surface area contributed by atoms with Gasteiger partial charge in [-0.25, -0.2) is 0 Å². The predicted molar refractivity (Wildman–Crippen MR) is 203 cm³/mol. The van der Waals surface area contributed by atoms with E-state index < -0.39 is 23.6 Å². The number of nitrogens with zero attached hydrogens (tertiary/aromatic N) is 4. The highest BCUT2D eigenvalue weighted by Gasteiger charge is 2.34. The number of aliphatic imine (C=N–C) groups is 1. The Kier molecular flexibility index (Phi) is 10.3. The summed E-state index contributed by atoms with van der Waals surface area (Å²) >= 11 is 7.90. The number of aryl methyl sites for hydroxylation is 3. The Morgan fingerprint density at radius 1 is 0.906 bits per heavy atom. The van der Waals surface area contributed by atoms with Crippen LogP contribution in [0.15, 0.2) is 71.7 Å². The number of nitrogens with one attached hydrogen (secondary N) is 2. The summed E-state index contributed by atoms with van der Waals surface area (Å²) in [6.07, 6.45) is 4.85. The van der Waals surface area contributed by atoms with Gasteiger partial charge in [0, 0.05) is 33.1 Å². The summed E-state index contributed by atoms with van der Waals surface area (Å²) in [6, 6.07) is 19.3. The number of imide groups is 1. The first-order chi connectivity index (χ1) is 25.6. The predicted octanol–water partition coefficient (Wildman–Crippen LogP) is 7.35. The minimum Gasteiger partial charge on any atom is -0.457 e. The number of ketones is 1. The van der Waals surface area contributed by atoms with Gasteiger partial charge in [-0.05, 0) is 87.6 Å². The second kappa shape index (κ2) is 15.3. The highest BCUT2D eigenvalue weighted by Crippen LogP contribution is 2.39. The molecule has 0 aliphatic carbocycles. The monoisotopic (exact) mass is 748 g/mol. The molecule has 7 rings (SSSR count). The lowest BCUT2D eigenvalue weighted by Gasteiger charge is -2.17. The number of hydrogen-bond donors (Lipinski definition) is 2. The average Bonchev–Trinajstić information content (AvgIpc) is 3.62. The molecule has 3 amide bonds. The number of rotatable bonds is 12. The SMILES string of the molecule is Cc1sc2c(c1C)C(c1ccc(Cl)cc1)=N[C@@H](CC(=O)NCCCCCCc1ccc(Oc3cccc4c3C(=O)NC(=O)C4=O)cc1)c1nnc(C)n1-2. The third-order valence-corrected chi connectivity index (χ3v) is 11.0. The van der Waals surface area contributed by atoms with Crippen LogP contribution in [0.25, 0.3) is 5.00 Å². The van der Waals surface area contributed by atoms with Crippen LogP contribution in [0.2, 0.25) is 5.02 Å². The fourth-order valence-electron chi connectivity index (χ4n) is 6.65. The summed E-state index contributed by atoms with van der Waals surface area (Å²) in [5.74, 6) is -0.304. The summed E-state index contributed by atoms with van der Waals surface area (Å²) in [4.78, 5) is 56.0. The number of hydrogen-bond acceptors (Lipinski definition) is 9. The van der Waals surface area contributed by atoms with Crippen molar-refractivity contribution in [2.75, 3.05) is 6.54 Å². The fourth-order valence-corrected chi connectivity index (χ4v) is 7.99. The van der Waals surface area contributed by atoms with Crippen LogP contribution in [-0.2, 0) is 16.0 Å². The molecule has 0 saturated heterocycles. The molecular formula is C40H37ClN6O5S. The van der Waals surface area contributed by atoms with Gasteiger partial charge in [-0.1, -0.05) is 54.8 Å². The van der Waals surface area contributed by atoms with Gasteiger partial charge in [0.2, 0.25) is 5.91 Å². The standard InChI is InChI=1S/C40H37ClN6O5S/c1-22-23(2)53-40-33(22)35(26-14-16-27(41)17-15-26)43-30(37-46-45-24(3)47(37)40)21-32(48)42-20-7-5-4-6-9-25-12-18-28(19-13-25)52-31-11-8-10-29-34(31)38(50)44-39(51)36(29)49/h8,10-19,30H,4-7,9,20-21H2,1-3H3,(H,42,48)(H,44,50,51)/t30-/m0/s1. The van der Waals surface area contributed by atoms with Crippen molar-refractivity contribution in [2.24, 2.45) is 4.99 Å². The maximum absolute atomic E-state index is 13.3. The zero-order valence-corrected chi connectivity index (χ0v) is 31.1. The van der Waals surface area contributed by atoms with Crippen LogP contribution < -0.4 is 15.4 Å². The maximum Gasteiger partial charge on any atom is 0.299 e. The highest BCUT2D eigenvalue weighted by atomic mass is 35.5. The van der Waals surface area contributed by atoms with Crippen LogP contribution >= 0.6 is 22.9 Å². The number of fused-ring (bicyclic) bond motifs is 4. The Morgan fingerprint density at radius 3 is 2.43 bits per heavy atom. The van der Waals surface area contributed by atoms with Gasteiger partial charge in [-0.3, -0.25) is 34.1 Å². The van der Waals surface area contributed by atoms with E-state index in [0.717, 1.165) is 70.9 Å². The van der Waals surface area contributed by atoms with Gasteiger partial charge in [0.25, 0.3) is 17.6 Å². The molecular weight excluding hydrogens is 712 g/mol. The molecule has 0 spiro atoms. The molecule has 4 heterocycles. The van der Waals surface area contributed by atoms with E-state index in [0.29, 0.717) is 23.1 Å². The first-order valence-corrected chi connectivity index (χ1v) is 18.7. The van der Waals surface area contributed by atoms with Gasteiger partial charge in [0.15, 0.2) is 5.82 Å². The van der Waals surface area contributed by atoms with Gasteiger partial charge < -0.3 is 10.1 Å². The second-order valence-corrected chi connectivity index (χ2v) is 14.8. The van der Waals surface area contributed by atoms with Crippen molar-refractivity contribution < 1.29 is 23.9 Å². The fraction of sp³-hybridized carbons (Fsp3) is 0.275. The van der Waals surface area contributed by atoms with Crippen molar-refractivity contribution in [1.82, 2.24) is 25.4 Å². The third-order valence-electron chi connectivity index (χ3n) is 9.53. The normalized spacial score (nSPS) is 14.8. The number of ether oxygens (including phenoxy) is 1. The van der Waals surface area contributed by atoms with E-state index in [1.165, 1.54) is 10.9 Å². The summed E-state index contributed by atoms with van der Waals surface area (Å²) in [5.41, 5.74) is 5.17. The van der Waals surface area contributed by atoms with Crippen molar-refractivity contribution in [3.8, 4) is 16.5 Å². The Labute approximate surface area is 315 Å². The molecule has 0 fully saturated rings. The van der Waals surface area contributed by atoms with Gasteiger partial charge in [-0.15, -0.1) is 21.5 Å². The Hall–Kier alpha value is -5.46. The van der Waals surface area contributed by atoms with Crippen molar-refractivity contribution >= 4 is 52.2 Å². The van der Waals surface area contributed by atoms with E-state index in [2.05, 4.69) is 34.7 Å². The number of Topliss-reactive ketones (excluding diaryl/α,β-unsaturated/α-hetero) is 1. The van der Waals surface area contributed by atoms with E-state index in [1.54, 1.807) is 23.5 Å². The van der Waals surface area contributed by atoms with E-state index in [9.17, 15) is 19.2 Å². The lowest BCUT2D eigenvalue weighted by molar-refractivity contribution is -0.121. The first kappa shape index (κ1) is 35.9. The second-order valence-electron chi connectivity index (χ2n) is 13.2. The number of thiophene rings is 1. The number of amides is 3. The molecule has 0 saturated carbocycles. The molecule has 13 heteroatoms. The number of benzene rings is 3. The summed E-state index contributed by atoms with van der Waals surface area (Å²) in [6.45, 7) is 6.70. The van der Waals surface area contributed by atoms with E-state index in [4.69, 9.17) is 21.3 Å². The number of unbranched alkanes of at least 4 members (excludes halogenated alkanes) is 3. The molecule has 2 aromatic heterocycles. The lowest BCUT2D eigenvalue weighted by atomic mass is 9.98. The molecule has 11 nitrogen and oxygen atoms in total. The van der Waals surface area contributed by atoms with Crippen molar-refractivity contribution in [3.63, 3.8) is 0 Å². The van der Waals surface area contributed by atoms with E-state index in [1.807, 2.05) is 60.0 Å². The van der Waals surface area contributed by atoms with Crippen molar-refractivity contribution in [2.45, 2.75) is 65.3 Å². The number of aromatic nitrogens is 3. The Bertz CT molecular complexity index is 2280. The Balaban J connectivity index is 0.904. The first-order valence-electron chi connectivity index (χ1n) is 17.5. The summed E-state index contributed by atoms with van der Waals surface area (Å²) < 4.78 is 7.97. The smallest absolute Gasteiger partial charge is 0.299 e. The molecule has 0 bridgehead atoms. The van der Waals surface area contributed by atoms with Crippen LogP contribution in [0.1, 0.15) is 97.6 Å². The van der Waals surface area contributed by atoms with E-state index >= 15 is 0 Å². The number of carbonyl (C=O) groups excluding carboxylic acids is 4. The average molecular weight is 749 g/mol. The number of carbonyl (C=O) groups is 4. The lowest BCUT2D eigenvalue weighted by Crippen LogP contribution is -2.42.